The standard InChI is InChI=1S/C23H22BrN3O5S2/c24-18-8-7-9-19(16-18)25-23(28)22-17-26(33(29,30)20-10-3-1-4-11-20)14-15-27(22)34(31,32)21-12-5-2-6-13-21/h1-13,16,22H,14-15,17H2,(H,25,28). The molecule has 11 heteroatoms. The first kappa shape index (κ1) is 24.6. The highest BCUT2D eigenvalue weighted by Crippen LogP contribution is 2.26. The van der Waals surface area contributed by atoms with Gasteiger partial charge in [0, 0.05) is 29.8 Å². The van der Waals surface area contributed by atoms with Crippen LogP contribution < -0.4 is 5.32 Å². The molecule has 3 aromatic carbocycles. The fourth-order valence-corrected chi connectivity index (χ4v) is 7.17. The summed E-state index contributed by atoms with van der Waals surface area (Å²) in [5, 5.41) is 2.72. The zero-order chi connectivity index (χ0) is 24.3. The van der Waals surface area contributed by atoms with Gasteiger partial charge in [-0.15, -0.1) is 0 Å². The van der Waals surface area contributed by atoms with Crippen LogP contribution in [-0.2, 0) is 24.8 Å². The summed E-state index contributed by atoms with van der Waals surface area (Å²) in [4.78, 5) is 13.4. The van der Waals surface area contributed by atoms with E-state index < -0.39 is 32.0 Å². The minimum absolute atomic E-state index is 0.0367. The fourth-order valence-electron chi connectivity index (χ4n) is 3.72. The molecule has 0 saturated carbocycles. The average molecular weight is 564 g/mol. The molecular formula is C23H22BrN3O5S2. The van der Waals surface area contributed by atoms with E-state index in [2.05, 4.69) is 21.2 Å². The number of carbonyl (C=O) groups is 1. The monoisotopic (exact) mass is 563 g/mol. The second-order valence-corrected chi connectivity index (χ2v) is 12.4. The molecule has 0 aromatic heterocycles. The summed E-state index contributed by atoms with van der Waals surface area (Å²) in [6.07, 6.45) is 0. The highest BCUT2D eigenvalue weighted by atomic mass is 79.9. The predicted octanol–water partition coefficient (Wildman–Crippen LogP) is 3.15. The molecule has 1 aliphatic heterocycles. The van der Waals surface area contributed by atoms with E-state index in [1.165, 1.54) is 24.3 Å². The SMILES string of the molecule is O=C(Nc1cccc(Br)c1)C1CN(S(=O)(=O)c2ccccc2)CCN1S(=O)(=O)c1ccccc1. The Hall–Kier alpha value is -2.57. The van der Waals surface area contributed by atoms with Gasteiger partial charge in [0.1, 0.15) is 6.04 Å². The molecule has 8 nitrogen and oxygen atoms in total. The average Bonchev–Trinajstić information content (AvgIpc) is 2.84. The van der Waals surface area contributed by atoms with Crippen molar-refractivity contribution >= 4 is 47.6 Å². The largest absolute Gasteiger partial charge is 0.325 e. The van der Waals surface area contributed by atoms with Gasteiger partial charge in [0.25, 0.3) is 0 Å². The van der Waals surface area contributed by atoms with Crippen LogP contribution in [0.5, 0.6) is 0 Å². The van der Waals surface area contributed by atoms with Crippen molar-refractivity contribution in [2.75, 3.05) is 25.0 Å². The van der Waals surface area contributed by atoms with Gasteiger partial charge in [0.2, 0.25) is 26.0 Å². The van der Waals surface area contributed by atoms with Crippen molar-refractivity contribution < 1.29 is 21.6 Å². The van der Waals surface area contributed by atoms with Crippen LogP contribution in [0.25, 0.3) is 0 Å². The molecule has 4 rings (SSSR count). The Morgan fingerprint density at radius 1 is 0.794 bits per heavy atom. The van der Waals surface area contributed by atoms with Crippen LogP contribution in [0.2, 0.25) is 0 Å². The third-order valence-corrected chi connectivity index (χ3v) is 9.71. The van der Waals surface area contributed by atoms with Crippen molar-refractivity contribution in [1.29, 1.82) is 0 Å². The van der Waals surface area contributed by atoms with Gasteiger partial charge >= 0.3 is 0 Å². The number of halogens is 1. The molecule has 1 heterocycles. The molecule has 3 aromatic rings. The van der Waals surface area contributed by atoms with Crippen LogP contribution in [0.3, 0.4) is 0 Å². The van der Waals surface area contributed by atoms with Crippen LogP contribution in [0.4, 0.5) is 5.69 Å². The number of hydrogen-bond acceptors (Lipinski definition) is 5. The number of nitrogens with zero attached hydrogens (tertiary/aromatic N) is 2. The summed E-state index contributed by atoms with van der Waals surface area (Å²) in [6.45, 7) is -0.563. The minimum atomic E-state index is -4.05. The van der Waals surface area contributed by atoms with E-state index in [4.69, 9.17) is 0 Å². The van der Waals surface area contributed by atoms with Gasteiger partial charge < -0.3 is 5.32 Å². The maximum atomic E-state index is 13.4. The number of amides is 1. The lowest BCUT2D eigenvalue weighted by molar-refractivity contribution is -0.120. The van der Waals surface area contributed by atoms with Crippen molar-refractivity contribution in [3.63, 3.8) is 0 Å². The summed E-state index contributed by atoms with van der Waals surface area (Å²) in [5.41, 5.74) is 0.458. The number of piperazine rings is 1. The molecular weight excluding hydrogens is 542 g/mol. The molecule has 1 amide bonds. The Balaban J connectivity index is 1.69. The van der Waals surface area contributed by atoms with Gasteiger partial charge in [-0.25, -0.2) is 16.8 Å². The Morgan fingerprint density at radius 2 is 1.38 bits per heavy atom. The van der Waals surface area contributed by atoms with E-state index in [1.807, 2.05) is 0 Å². The first-order chi connectivity index (χ1) is 16.2. The molecule has 0 radical (unpaired) electrons. The van der Waals surface area contributed by atoms with Crippen molar-refractivity contribution in [2.45, 2.75) is 15.8 Å². The molecule has 1 unspecified atom stereocenters. The molecule has 0 aliphatic carbocycles. The maximum Gasteiger partial charge on any atom is 0.244 e. The number of anilines is 1. The zero-order valence-electron chi connectivity index (χ0n) is 17.9. The molecule has 1 fully saturated rings. The van der Waals surface area contributed by atoms with E-state index in [1.54, 1.807) is 60.7 Å². The Morgan fingerprint density at radius 3 is 1.97 bits per heavy atom. The molecule has 1 saturated heterocycles. The number of hydrogen-bond donors (Lipinski definition) is 1. The third kappa shape index (κ3) is 5.08. The highest BCUT2D eigenvalue weighted by molar-refractivity contribution is 9.10. The summed E-state index contributed by atoms with van der Waals surface area (Å²) < 4.78 is 56.2. The van der Waals surface area contributed by atoms with Crippen LogP contribution in [0.15, 0.2) is 99.2 Å². The van der Waals surface area contributed by atoms with Crippen molar-refractivity contribution in [3.05, 3.63) is 89.4 Å². The van der Waals surface area contributed by atoms with Crippen LogP contribution in [0, 0.1) is 0 Å². The lowest BCUT2D eigenvalue weighted by Crippen LogP contribution is -2.60. The molecule has 1 atom stereocenters. The minimum Gasteiger partial charge on any atom is -0.325 e. The predicted molar refractivity (Wildman–Crippen MR) is 132 cm³/mol. The van der Waals surface area contributed by atoms with Crippen LogP contribution in [-0.4, -0.2) is 57.0 Å². The number of benzene rings is 3. The Labute approximate surface area is 207 Å². The number of nitrogens with one attached hydrogen (secondary N) is 1. The summed E-state index contributed by atoms with van der Waals surface area (Å²) >= 11 is 3.34. The normalized spacial score (nSPS) is 17.9. The molecule has 0 bridgehead atoms. The molecule has 1 aliphatic rings. The summed E-state index contributed by atoms with van der Waals surface area (Å²) in [5.74, 6) is -0.620. The highest BCUT2D eigenvalue weighted by Gasteiger charge is 2.43. The van der Waals surface area contributed by atoms with E-state index in [9.17, 15) is 21.6 Å². The lowest BCUT2D eigenvalue weighted by atomic mass is 10.2. The van der Waals surface area contributed by atoms with Crippen LogP contribution >= 0.6 is 15.9 Å². The van der Waals surface area contributed by atoms with Gasteiger partial charge in [0.05, 0.1) is 9.79 Å². The van der Waals surface area contributed by atoms with E-state index in [0.29, 0.717) is 5.69 Å². The Kier molecular flexibility index (Phi) is 7.20. The maximum absolute atomic E-state index is 13.4. The molecule has 178 valence electrons. The molecule has 34 heavy (non-hydrogen) atoms. The van der Waals surface area contributed by atoms with Gasteiger partial charge in [-0.1, -0.05) is 58.4 Å². The van der Waals surface area contributed by atoms with Crippen molar-refractivity contribution in [3.8, 4) is 0 Å². The second-order valence-electron chi connectivity index (χ2n) is 7.62. The molecule has 0 spiro atoms. The van der Waals surface area contributed by atoms with Gasteiger partial charge in [0.15, 0.2) is 0 Å². The van der Waals surface area contributed by atoms with Gasteiger partial charge in [-0.3, -0.25) is 4.79 Å². The second kappa shape index (κ2) is 9.96. The van der Waals surface area contributed by atoms with E-state index >= 15 is 0 Å². The molecule has 1 N–H and O–H groups in total. The number of sulfonamides is 2. The third-order valence-electron chi connectivity index (χ3n) is 5.42. The zero-order valence-corrected chi connectivity index (χ0v) is 21.1. The van der Waals surface area contributed by atoms with Gasteiger partial charge in [-0.2, -0.15) is 8.61 Å². The quantitative estimate of drug-likeness (QED) is 0.496. The van der Waals surface area contributed by atoms with E-state index in [-0.39, 0.29) is 29.4 Å². The van der Waals surface area contributed by atoms with Crippen molar-refractivity contribution in [1.82, 2.24) is 8.61 Å². The van der Waals surface area contributed by atoms with E-state index in [0.717, 1.165) is 13.1 Å². The Bertz CT molecular complexity index is 1380. The number of rotatable bonds is 6. The summed E-state index contributed by atoms with van der Waals surface area (Å²) in [6, 6.07) is 21.3. The fraction of sp³-hybridized carbons (Fsp3) is 0.174. The lowest BCUT2D eigenvalue weighted by Gasteiger charge is -2.38. The van der Waals surface area contributed by atoms with Crippen molar-refractivity contribution in [2.24, 2.45) is 0 Å². The first-order valence-electron chi connectivity index (χ1n) is 10.4. The van der Waals surface area contributed by atoms with Gasteiger partial charge in [-0.05, 0) is 42.5 Å². The smallest absolute Gasteiger partial charge is 0.244 e. The summed E-state index contributed by atoms with van der Waals surface area (Å²) in [7, 11) is -7.97. The van der Waals surface area contributed by atoms with Crippen LogP contribution in [0.1, 0.15) is 0 Å². The topological polar surface area (TPSA) is 104 Å². The first-order valence-corrected chi connectivity index (χ1v) is 14.1. The number of carbonyl (C=O) groups excluding carboxylic acids is 1.